The van der Waals surface area contributed by atoms with Gasteiger partial charge in [0.1, 0.15) is 0 Å². The highest BCUT2D eigenvalue weighted by Crippen LogP contribution is 2.31. The third-order valence-electron chi connectivity index (χ3n) is 3.12. The first-order valence-electron chi connectivity index (χ1n) is 6.18. The molecule has 16 heavy (non-hydrogen) atoms. The van der Waals surface area contributed by atoms with Crippen LogP contribution >= 0.6 is 0 Å². The van der Waals surface area contributed by atoms with Crippen molar-refractivity contribution in [2.75, 3.05) is 13.1 Å². The van der Waals surface area contributed by atoms with Crippen LogP contribution in [0.25, 0.3) is 0 Å². The van der Waals surface area contributed by atoms with E-state index in [-0.39, 0.29) is 22.9 Å². The minimum atomic E-state index is -0.0324. The predicted molar refractivity (Wildman–Crippen MR) is 67.3 cm³/mol. The van der Waals surface area contributed by atoms with E-state index in [0.717, 1.165) is 19.5 Å². The average molecular weight is 226 g/mol. The minimum Gasteiger partial charge on any atom is -0.355 e. The summed E-state index contributed by atoms with van der Waals surface area (Å²) in [5, 5.41) is 3.02. The number of hydrogen-bond donors (Lipinski definition) is 1. The lowest BCUT2D eigenvalue weighted by molar-refractivity contribution is -0.132. The maximum Gasteiger partial charge on any atom is 0.237 e. The summed E-state index contributed by atoms with van der Waals surface area (Å²) in [4.78, 5) is 14.5. The third-order valence-corrected chi connectivity index (χ3v) is 3.12. The molecule has 1 heterocycles. The van der Waals surface area contributed by atoms with Gasteiger partial charge in [-0.15, -0.1) is 0 Å². The Labute approximate surface area is 99.6 Å². The van der Waals surface area contributed by atoms with Crippen LogP contribution in [0.3, 0.4) is 0 Å². The van der Waals surface area contributed by atoms with Gasteiger partial charge in [0.15, 0.2) is 0 Å². The van der Waals surface area contributed by atoms with Gasteiger partial charge in [-0.05, 0) is 32.6 Å². The highest BCUT2D eigenvalue weighted by Gasteiger charge is 2.41. The molecule has 0 aromatic rings. The highest BCUT2D eigenvalue weighted by molar-refractivity contribution is 5.82. The van der Waals surface area contributed by atoms with E-state index in [0.29, 0.717) is 0 Å². The van der Waals surface area contributed by atoms with Gasteiger partial charge in [-0.1, -0.05) is 20.8 Å². The molecule has 1 saturated heterocycles. The van der Waals surface area contributed by atoms with Gasteiger partial charge in [0.2, 0.25) is 5.91 Å². The molecule has 94 valence electrons. The monoisotopic (exact) mass is 226 g/mol. The summed E-state index contributed by atoms with van der Waals surface area (Å²) < 4.78 is 0. The van der Waals surface area contributed by atoms with Gasteiger partial charge < -0.3 is 5.32 Å². The number of rotatable bonds is 0. The second-order valence-electron chi connectivity index (χ2n) is 6.78. The van der Waals surface area contributed by atoms with Gasteiger partial charge in [-0.3, -0.25) is 9.69 Å². The Morgan fingerprint density at radius 3 is 2.19 bits per heavy atom. The molecule has 0 aromatic carbocycles. The second-order valence-corrected chi connectivity index (χ2v) is 6.78. The molecule has 1 atom stereocenters. The van der Waals surface area contributed by atoms with Crippen LogP contribution in [0.1, 0.15) is 48.0 Å². The van der Waals surface area contributed by atoms with Crippen molar-refractivity contribution in [3.8, 4) is 0 Å². The molecule has 0 aromatic heterocycles. The summed E-state index contributed by atoms with van der Waals surface area (Å²) >= 11 is 0. The zero-order valence-electron chi connectivity index (χ0n) is 11.6. The third kappa shape index (κ3) is 2.97. The molecule has 3 nitrogen and oxygen atoms in total. The lowest BCUT2D eigenvalue weighted by atomic mass is 9.83. The van der Waals surface area contributed by atoms with Crippen LogP contribution in [0.5, 0.6) is 0 Å². The van der Waals surface area contributed by atoms with E-state index in [1.54, 1.807) is 0 Å². The van der Waals surface area contributed by atoms with Gasteiger partial charge in [0.05, 0.1) is 6.04 Å². The maximum absolute atomic E-state index is 12.2. The number of carbonyl (C=O) groups excluding carboxylic acids is 1. The van der Waals surface area contributed by atoms with Crippen molar-refractivity contribution in [2.45, 2.75) is 59.5 Å². The van der Waals surface area contributed by atoms with E-state index >= 15 is 0 Å². The minimum absolute atomic E-state index is 0.0261. The van der Waals surface area contributed by atoms with E-state index in [1.165, 1.54) is 0 Å². The summed E-state index contributed by atoms with van der Waals surface area (Å²) in [5.41, 5.74) is 0.0152. The second kappa shape index (κ2) is 4.36. The van der Waals surface area contributed by atoms with E-state index in [1.807, 2.05) is 0 Å². The van der Waals surface area contributed by atoms with Gasteiger partial charge >= 0.3 is 0 Å². The number of hydrogen-bond acceptors (Lipinski definition) is 2. The summed E-state index contributed by atoms with van der Waals surface area (Å²) in [6, 6.07) is -0.0324. The Morgan fingerprint density at radius 1 is 1.19 bits per heavy atom. The molecule has 0 saturated carbocycles. The summed E-state index contributed by atoms with van der Waals surface area (Å²) in [6.07, 6.45) is 1.04. The number of nitrogens with one attached hydrogen (secondary N) is 1. The highest BCUT2D eigenvalue weighted by atomic mass is 16.2. The first-order valence-corrected chi connectivity index (χ1v) is 6.18. The molecular formula is C13H26N2O. The normalized spacial score (nSPS) is 25.1. The average Bonchev–Trinajstić information content (AvgIpc) is 2.23. The van der Waals surface area contributed by atoms with Crippen LogP contribution in [0.2, 0.25) is 0 Å². The van der Waals surface area contributed by atoms with Crippen LogP contribution in [0, 0.1) is 5.41 Å². The van der Waals surface area contributed by atoms with Crippen LogP contribution in [0.4, 0.5) is 0 Å². The van der Waals surface area contributed by atoms with Crippen molar-refractivity contribution < 1.29 is 4.79 Å². The van der Waals surface area contributed by atoms with Crippen LogP contribution in [0.15, 0.2) is 0 Å². The first kappa shape index (κ1) is 13.5. The zero-order valence-corrected chi connectivity index (χ0v) is 11.6. The summed E-state index contributed by atoms with van der Waals surface area (Å²) in [5.74, 6) is 0.180. The largest absolute Gasteiger partial charge is 0.355 e. The standard InChI is InChI=1S/C13H26N2O/c1-12(2,3)10-11(16)14-8-7-9-15(10)13(4,5)6/h10H,7-9H2,1-6H3,(H,14,16)/t10-/m1/s1. The van der Waals surface area contributed by atoms with Crippen molar-refractivity contribution >= 4 is 5.91 Å². The van der Waals surface area contributed by atoms with Crippen molar-refractivity contribution in [1.82, 2.24) is 10.2 Å². The van der Waals surface area contributed by atoms with E-state index in [4.69, 9.17) is 0 Å². The molecule has 1 aliphatic heterocycles. The van der Waals surface area contributed by atoms with Crippen molar-refractivity contribution in [2.24, 2.45) is 5.41 Å². The molecule has 1 amide bonds. The van der Waals surface area contributed by atoms with Crippen molar-refractivity contribution in [3.05, 3.63) is 0 Å². The topological polar surface area (TPSA) is 32.3 Å². The zero-order chi connectivity index (χ0) is 12.6. The lowest BCUT2D eigenvalue weighted by Gasteiger charge is -2.45. The smallest absolute Gasteiger partial charge is 0.237 e. The number of nitrogens with zero attached hydrogens (tertiary/aromatic N) is 1. The van der Waals surface area contributed by atoms with Gasteiger partial charge in [-0.25, -0.2) is 0 Å². The fourth-order valence-corrected chi connectivity index (χ4v) is 2.41. The number of carbonyl (C=O) groups is 1. The van der Waals surface area contributed by atoms with E-state index in [2.05, 4.69) is 51.8 Å². The first-order chi connectivity index (χ1) is 7.14. The number of amides is 1. The van der Waals surface area contributed by atoms with Crippen LogP contribution < -0.4 is 5.32 Å². The summed E-state index contributed by atoms with van der Waals surface area (Å²) in [6.45, 7) is 14.8. The summed E-state index contributed by atoms with van der Waals surface area (Å²) in [7, 11) is 0. The molecule has 3 heteroatoms. The fourth-order valence-electron chi connectivity index (χ4n) is 2.41. The Hall–Kier alpha value is -0.570. The molecular weight excluding hydrogens is 200 g/mol. The lowest BCUT2D eigenvalue weighted by Crippen LogP contribution is -2.58. The molecule has 0 bridgehead atoms. The van der Waals surface area contributed by atoms with E-state index < -0.39 is 0 Å². The van der Waals surface area contributed by atoms with Crippen molar-refractivity contribution in [3.63, 3.8) is 0 Å². The van der Waals surface area contributed by atoms with Gasteiger partial charge in [0, 0.05) is 18.6 Å². The molecule has 0 aliphatic carbocycles. The Balaban J connectivity index is 3.05. The SMILES string of the molecule is CC(C)(C)[C@H]1C(=O)NCCCN1C(C)(C)C. The fraction of sp³-hybridized carbons (Fsp3) is 0.923. The Bertz CT molecular complexity index is 260. The Morgan fingerprint density at radius 2 is 1.75 bits per heavy atom. The quantitative estimate of drug-likeness (QED) is 0.685. The Kier molecular flexibility index (Phi) is 3.68. The molecule has 1 N–H and O–H groups in total. The maximum atomic E-state index is 12.2. The van der Waals surface area contributed by atoms with E-state index in [9.17, 15) is 4.79 Å². The van der Waals surface area contributed by atoms with Crippen LogP contribution in [-0.4, -0.2) is 35.5 Å². The van der Waals surface area contributed by atoms with Gasteiger partial charge in [-0.2, -0.15) is 0 Å². The molecule has 1 aliphatic rings. The molecule has 0 radical (unpaired) electrons. The molecule has 1 fully saturated rings. The van der Waals surface area contributed by atoms with Crippen LogP contribution in [-0.2, 0) is 4.79 Å². The molecule has 0 unspecified atom stereocenters. The predicted octanol–water partition coefficient (Wildman–Crippen LogP) is 2.02. The molecule has 0 spiro atoms. The van der Waals surface area contributed by atoms with Gasteiger partial charge in [0.25, 0.3) is 0 Å². The molecule has 1 rings (SSSR count). The van der Waals surface area contributed by atoms with Crippen molar-refractivity contribution in [1.29, 1.82) is 0 Å².